The number of piperidine rings is 1. The third kappa shape index (κ3) is 3.54. The average Bonchev–Trinajstić information content (AvgIpc) is 2.77. The third-order valence-electron chi connectivity index (χ3n) is 5.79. The number of aliphatic hydroxyl groups is 1. The standard InChI is InChI=1S/C20H19F5N2O4S/c1-10-3-2-4-11-9-31-20(28)27(18(10)11)12-5-7-26(8-6-12)32(29,30)19-16(24)14(22)13(21)15(23)17(19)25/h2-4,12,20,28H,5-9H2,1H3. The largest absolute Gasteiger partial charge is 0.351 e. The normalized spacial score (nSPS) is 20.5. The Hall–Kier alpha value is -2.28. The van der Waals surface area contributed by atoms with E-state index in [0.29, 0.717) is 4.31 Å². The Morgan fingerprint density at radius 2 is 1.53 bits per heavy atom. The molecule has 0 amide bonds. The quantitative estimate of drug-likeness (QED) is 0.417. The summed E-state index contributed by atoms with van der Waals surface area (Å²) in [4.78, 5) is -0.244. The van der Waals surface area contributed by atoms with E-state index in [2.05, 4.69) is 0 Å². The molecule has 174 valence electrons. The molecule has 1 saturated heterocycles. The second-order valence-electron chi connectivity index (χ2n) is 7.66. The number of hydrogen-bond acceptors (Lipinski definition) is 5. The van der Waals surface area contributed by atoms with Crippen LogP contribution in [-0.2, 0) is 21.4 Å². The highest BCUT2D eigenvalue weighted by atomic mass is 32.2. The van der Waals surface area contributed by atoms with E-state index in [0.717, 1.165) is 16.8 Å². The van der Waals surface area contributed by atoms with Crippen molar-refractivity contribution in [2.24, 2.45) is 0 Å². The molecular formula is C20H19F5N2O4S. The minimum atomic E-state index is -5.00. The van der Waals surface area contributed by atoms with Crippen LogP contribution in [0.5, 0.6) is 0 Å². The molecule has 2 aromatic carbocycles. The molecule has 12 heteroatoms. The lowest BCUT2D eigenvalue weighted by molar-refractivity contribution is -0.121. The van der Waals surface area contributed by atoms with Crippen molar-refractivity contribution in [3.63, 3.8) is 0 Å². The number of halogens is 5. The maximum atomic E-state index is 14.1. The van der Waals surface area contributed by atoms with Crippen LogP contribution in [0.15, 0.2) is 23.1 Å². The number of fused-ring (bicyclic) bond motifs is 1. The van der Waals surface area contributed by atoms with E-state index in [-0.39, 0.29) is 38.6 Å². The van der Waals surface area contributed by atoms with Gasteiger partial charge in [-0.05, 0) is 25.3 Å². The van der Waals surface area contributed by atoms with E-state index in [1.807, 2.05) is 25.1 Å². The Balaban J connectivity index is 1.61. The molecule has 0 spiro atoms. The van der Waals surface area contributed by atoms with Gasteiger partial charge in [-0.15, -0.1) is 0 Å². The number of benzene rings is 2. The van der Waals surface area contributed by atoms with E-state index in [4.69, 9.17) is 4.74 Å². The fourth-order valence-corrected chi connectivity index (χ4v) is 5.81. The third-order valence-corrected chi connectivity index (χ3v) is 7.71. The van der Waals surface area contributed by atoms with Crippen LogP contribution in [0.4, 0.5) is 27.6 Å². The predicted octanol–water partition coefficient (Wildman–Crippen LogP) is 3.16. The molecule has 1 N–H and O–H groups in total. The topological polar surface area (TPSA) is 70.1 Å². The molecule has 0 aliphatic carbocycles. The van der Waals surface area contributed by atoms with Gasteiger partial charge in [0.2, 0.25) is 22.3 Å². The van der Waals surface area contributed by atoms with E-state index in [9.17, 15) is 35.5 Å². The van der Waals surface area contributed by atoms with Crippen LogP contribution >= 0.6 is 0 Å². The molecule has 2 heterocycles. The summed E-state index contributed by atoms with van der Waals surface area (Å²) in [6.45, 7) is 1.54. The van der Waals surface area contributed by atoms with Crippen molar-refractivity contribution in [3.05, 3.63) is 58.4 Å². The van der Waals surface area contributed by atoms with Gasteiger partial charge in [0.1, 0.15) is 0 Å². The van der Waals surface area contributed by atoms with Crippen LogP contribution in [0.1, 0.15) is 24.0 Å². The van der Waals surface area contributed by atoms with Crippen molar-refractivity contribution >= 4 is 15.7 Å². The summed E-state index contributed by atoms with van der Waals surface area (Å²) in [5.74, 6) is -11.9. The molecule has 4 rings (SSSR count). The number of nitrogens with zero attached hydrogens (tertiary/aromatic N) is 2. The van der Waals surface area contributed by atoms with Gasteiger partial charge in [0, 0.05) is 30.4 Å². The number of ether oxygens (including phenoxy) is 1. The lowest BCUT2D eigenvalue weighted by Crippen LogP contribution is -2.53. The van der Waals surface area contributed by atoms with Gasteiger partial charge in [-0.25, -0.2) is 30.4 Å². The summed E-state index contributed by atoms with van der Waals surface area (Å²) in [5, 5.41) is 10.4. The summed E-state index contributed by atoms with van der Waals surface area (Å²) in [6.07, 6.45) is -1.02. The Morgan fingerprint density at radius 3 is 2.12 bits per heavy atom. The van der Waals surface area contributed by atoms with Gasteiger partial charge < -0.3 is 14.7 Å². The van der Waals surface area contributed by atoms with Crippen molar-refractivity contribution in [1.29, 1.82) is 0 Å². The lowest BCUT2D eigenvalue weighted by atomic mass is 9.99. The van der Waals surface area contributed by atoms with Gasteiger partial charge in [-0.2, -0.15) is 4.31 Å². The number of aryl methyl sites for hydroxylation is 1. The molecule has 2 aliphatic rings. The zero-order valence-corrected chi connectivity index (χ0v) is 17.6. The summed E-state index contributed by atoms with van der Waals surface area (Å²) in [6, 6.07) is 5.15. The van der Waals surface area contributed by atoms with Crippen LogP contribution in [-0.4, -0.2) is 43.4 Å². The molecule has 1 fully saturated rings. The monoisotopic (exact) mass is 478 g/mol. The molecule has 2 aromatic rings. The summed E-state index contributed by atoms with van der Waals surface area (Å²) >= 11 is 0. The van der Waals surface area contributed by atoms with E-state index in [1.54, 1.807) is 4.90 Å². The van der Waals surface area contributed by atoms with Crippen molar-refractivity contribution in [1.82, 2.24) is 4.31 Å². The molecule has 0 saturated carbocycles. The van der Waals surface area contributed by atoms with E-state index in [1.165, 1.54) is 0 Å². The molecular weight excluding hydrogens is 459 g/mol. The first-order chi connectivity index (χ1) is 15.1. The first kappa shape index (κ1) is 22.9. The first-order valence-corrected chi connectivity index (χ1v) is 11.2. The summed E-state index contributed by atoms with van der Waals surface area (Å²) < 4.78 is 100. The second-order valence-corrected chi connectivity index (χ2v) is 9.54. The van der Waals surface area contributed by atoms with Gasteiger partial charge >= 0.3 is 0 Å². The number of anilines is 1. The number of rotatable bonds is 3. The Labute approximate surface area is 180 Å². The highest BCUT2D eigenvalue weighted by Gasteiger charge is 2.41. The van der Waals surface area contributed by atoms with Crippen LogP contribution in [0.25, 0.3) is 0 Å². The molecule has 1 unspecified atom stereocenters. The number of hydrogen-bond donors (Lipinski definition) is 1. The number of aliphatic hydroxyl groups excluding tert-OH is 1. The van der Waals surface area contributed by atoms with Crippen LogP contribution in [0.2, 0.25) is 0 Å². The zero-order valence-electron chi connectivity index (χ0n) is 16.8. The van der Waals surface area contributed by atoms with Crippen molar-refractivity contribution < 1.29 is 40.2 Å². The smallest absolute Gasteiger partial charge is 0.249 e. The first-order valence-electron chi connectivity index (χ1n) is 9.73. The fraction of sp³-hybridized carbons (Fsp3) is 0.400. The Bertz CT molecular complexity index is 1140. The van der Waals surface area contributed by atoms with E-state index < -0.39 is 50.4 Å². The molecule has 2 aliphatic heterocycles. The SMILES string of the molecule is Cc1cccc2c1N(C1CCN(S(=O)(=O)c3c(F)c(F)c(F)c(F)c3F)CC1)C(O)OC2. The lowest BCUT2D eigenvalue weighted by Gasteiger charge is -2.44. The number of para-hydroxylation sites is 1. The molecule has 1 atom stereocenters. The minimum Gasteiger partial charge on any atom is -0.351 e. The zero-order chi connectivity index (χ0) is 23.4. The second kappa shape index (κ2) is 8.25. The van der Waals surface area contributed by atoms with Gasteiger partial charge in [-0.1, -0.05) is 18.2 Å². The predicted molar refractivity (Wildman–Crippen MR) is 102 cm³/mol. The van der Waals surface area contributed by atoms with Crippen LogP contribution in [0, 0.1) is 36.0 Å². The molecule has 6 nitrogen and oxygen atoms in total. The van der Waals surface area contributed by atoms with Crippen molar-refractivity contribution in [2.75, 3.05) is 18.0 Å². The minimum absolute atomic E-state index is 0.128. The van der Waals surface area contributed by atoms with Crippen LogP contribution < -0.4 is 4.90 Å². The fourth-order valence-electron chi connectivity index (χ4n) is 4.22. The van der Waals surface area contributed by atoms with Gasteiger partial charge in [0.05, 0.1) is 6.61 Å². The Kier molecular flexibility index (Phi) is 5.90. The number of sulfonamides is 1. The van der Waals surface area contributed by atoms with Crippen molar-refractivity contribution in [3.8, 4) is 0 Å². The van der Waals surface area contributed by atoms with Gasteiger partial charge in [0.25, 0.3) is 0 Å². The molecule has 0 radical (unpaired) electrons. The van der Waals surface area contributed by atoms with Gasteiger partial charge in [0.15, 0.2) is 28.2 Å². The summed E-state index contributed by atoms with van der Waals surface area (Å²) in [5.41, 5.74) is 2.47. The maximum absolute atomic E-state index is 14.1. The molecule has 32 heavy (non-hydrogen) atoms. The summed E-state index contributed by atoms with van der Waals surface area (Å²) in [7, 11) is -5.00. The van der Waals surface area contributed by atoms with Gasteiger partial charge in [-0.3, -0.25) is 0 Å². The molecule has 0 aromatic heterocycles. The average molecular weight is 478 g/mol. The molecule has 0 bridgehead atoms. The van der Waals surface area contributed by atoms with Crippen molar-refractivity contribution in [2.45, 2.75) is 43.7 Å². The van der Waals surface area contributed by atoms with Crippen LogP contribution in [0.3, 0.4) is 0 Å². The highest BCUT2D eigenvalue weighted by Crippen LogP contribution is 2.37. The van der Waals surface area contributed by atoms with E-state index >= 15 is 0 Å². The highest BCUT2D eigenvalue weighted by molar-refractivity contribution is 7.89. The Morgan fingerprint density at radius 1 is 0.969 bits per heavy atom. The maximum Gasteiger partial charge on any atom is 0.249 e.